The molecular weight excluding hydrogens is 283 g/mol. The van der Waals surface area contributed by atoms with Gasteiger partial charge in [-0.3, -0.25) is 0 Å². The van der Waals surface area contributed by atoms with Gasteiger partial charge < -0.3 is 9.47 Å². The van der Waals surface area contributed by atoms with Crippen molar-refractivity contribution in [1.29, 1.82) is 0 Å². The predicted octanol–water partition coefficient (Wildman–Crippen LogP) is 5.13. The molecule has 22 heavy (non-hydrogen) atoms. The number of methoxy groups -OCH3 is 1. The Kier molecular flexibility index (Phi) is 9.28. The molecule has 0 heterocycles. The van der Waals surface area contributed by atoms with E-state index in [-0.39, 0.29) is 11.3 Å². The number of unbranched alkanes of at least 4 members (excludes halogenated alkanes) is 7. The molecule has 0 radical (unpaired) electrons. The molecule has 0 N–H and O–H groups in total. The maximum Gasteiger partial charge on any atom is 0.337 e. The number of ether oxygens (including phenoxy) is 2. The summed E-state index contributed by atoms with van der Waals surface area (Å²) < 4.78 is 23.7. The Labute approximate surface area is 132 Å². The van der Waals surface area contributed by atoms with Crippen LogP contribution in [-0.4, -0.2) is 19.7 Å². The van der Waals surface area contributed by atoms with Gasteiger partial charge in [-0.2, -0.15) is 0 Å². The Morgan fingerprint density at radius 3 is 2.27 bits per heavy atom. The monoisotopic (exact) mass is 310 g/mol. The van der Waals surface area contributed by atoms with Crippen molar-refractivity contribution in [2.45, 2.75) is 58.3 Å². The minimum Gasteiger partial charge on any atom is -0.491 e. The summed E-state index contributed by atoms with van der Waals surface area (Å²) in [5, 5.41) is 0. The lowest BCUT2D eigenvalue weighted by atomic mass is 10.1. The Morgan fingerprint density at radius 2 is 1.68 bits per heavy atom. The van der Waals surface area contributed by atoms with Crippen LogP contribution in [0.3, 0.4) is 0 Å². The SMILES string of the molecule is CCCCCCCCCCOc1ccc(C(=O)OC)cc1F. The molecule has 1 rings (SSSR count). The third-order valence-corrected chi connectivity index (χ3v) is 3.61. The van der Waals surface area contributed by atoms with Crippen LogP contribution in [0.2, 0.25) is 0 Å². The third kappa shape index (κ3) is 6.92. The zero-order valence-electron chi connectivity index (χ0n) is 13.7. The van der Waals surface area contributed by atoms with Gasteiger partial charge in [0.25, 0.3) is 0 Å². The van der Waals surface area contributed by atoms with Crippen LogP contribution in [0.5, 0.6) is 5.75 Å². The van der Waals surface area contributed by atoms with Crippen molar-refractivity contribution in [3.63, 3.8) is 0 Å². The largest absolute Gasteiger partial charge is 0.491 e. The number of carbonyl (C=O) groups is 1. The lowest BCUT2D eigenvalue weighted by molar-refractivity contribution is 0.0600. The van der Waals surface area contributed by atoms with E-state index in [1.54, 1.807) is 0 Å². The van der Waals surface area contributed by atoms with Gasteiger partial charge in [-0.1, -0.05) is 51.9 Å². The summed E-state index contributed by atoms with van der Waals surface area (Å²) in [6.07, 6.45) is 9.72. The second-order valence-electron chi connectivity index (χ2n) is 5.46. The van der Waals surface area contributed by atoms with E-state index in [1.807, 2.05) is 0 Å². The van der Waals surface area contributed by atoms with Crippen LogP contribution in [0.1, 0.15) is 68.6 Å². The second-order valence-corrected chi connectivity index (χ2v) is 5.46. The smallest absolute Gasteiger partial charge is 0.337 e. The van der Waals surface area contributed by atoms with Gasteiger partial charge in [-0.25, -0.2) is 9.18 Å². The molecular formula is C18H27FO3. The van der Waals surface area contributed by atoms with Crippen molar-refractivity contribution in [1.82, 2.24) is 0 Å². The predicted molar refractivity (Wildman–Crippen MR) is 85.8 cm³/mol. The molecule has 0 aliphatic heterocycles. The van der Waals surface area contributed by atoms with E-state index in [0.29, 0.717) is 6.61 Å². The van der Waals surface area contributed by atoms with E-state index in [0.717, 1.165) is 18.9 Å². The average molecular weight is 310 g/mol. The number of rotatable bonds is 11. The van der Waals surface area contributed by atoms with Crippen LogP contribution >= 0.6 is 0 Å². The van der Waals surface area contributed by atoms with Crippen LogP contribution in [0.25, 0.3) is 0 Å². The zero-order valence-corrected chi connectivity index (χ0v) is 13.7. The van der Waals surface area contributed by atoms with Gasteiger partial charge in [-0.15, -0.1) is 0 Å². The number of carbonyl (C=O) groups excluding carboxylic acids is 1. The van der Waals surface area contributed by atoms with Gasteiger partial charge in [0, 0.05) is 0 Å². The van der Waals surface area contributed by atoms with E-state index in [9.17, 15) is 9.18 Å². The molecule has 124 valence electrons. The minimum absolute atomic E-state index is 0.190. The highest BCUT2D eigenvalue weighted by Gasteiger charge is 2.10. The molecule has 0 unspecified atom stereocenters. The lowest BCUT2D eigenvalue weighted by Gasteiger charge is -2.08. The first kappa shape index (κ1) is 18.5. The highest BCUT2D eigenvalue weighted by molar-refractivity contribution is 5.89. The molecule has 0 saturated heterocycles. The van der Waals surface area contributed by atoms with E-state index in [2.05, 4.69) is 11.7 Å². The first-order valence-corrected chi connectivity index (χ1v) is 8.19. The fourth-order valence-electron chi connectivity index (χ4n) is 2.28. The average Bonchev–Trinajstić information content (AvgIpc) is 2.53. The van der Waals surface area contributed by atoms with Crippen molar-refractivity contribution in [3.8, 4) is 5.75 Å². The number of hydrogen-bond donors (Lipinski definition) is 0. The Hall–Kier alpha value is -1.58. The summed E-state index contributed by atoms with van der Waals surface area (Å²) in [5.41, 5.74) is 0.194. The number of benzene rings is 1. The molecule has 1 aromatic carbocycles. The van der Waals surface area contributed by atoms with Gasteiger partial charge in [0.2, 0.25) is 0 Å². The first-order valence-electron chi connectivity index (χ1n) is 8.19. The molecule has 1 aromatic rings. The van der Waals surface area contributed by atoms with Crippen LogP contribution in [0, 0.1) is 5.82 Å². The molecule has 0 spiro atoms. The minimum atomic E-state index is -0.548. The van der Waals surface area contributed by atoms with Gasteiger partial charge >= 0.3 is 5.97 Å². The zero-order chi connectivity index (χ0) is 16.2. The van der Waals surface area contributed by atoms with E-state index in [1.165, 1.54) is 57.8 Å². The molecule has 0 fully saturated rings. The lowest BCUT2D eigenvalue weighted by Crippen LogP contribution is -2.04. The van der Waals surface area contributed by atoms with Crippen molar-refractivity contribution in [3.05, 3.63) is 29.6 Å². The quantitative estimate of drug-likeness (QED) is 0.420. The first-order chi connectivity index (χ1) is 10.7. The molecule has 0 aromatic heterocycles. The van der Waals surface area contributed by atoms with E-state index >= 15 is 0 Å². The molecule has 4 heteroatoms. The molecule has 3 nitrogen and oxygen atoms in total. The molecule has 0 bridgehead atoms. The van der Waals surface area contributed by atoms with Gasteiger partial charge in [-0.05, 0) is 24.6 Å². The van der Waals surface area contributed by atoms with Crippen LogP contribution in [0.15, 0.2) is 18.2 Å². The number of halogens is 1. The maximum absolute atomic E-state index is 13.8. The van der Waals surface area contributed by atoms with Gasteiger partial charge in [0.05, 0.1) is 19.3 Å². The molecule has 0 saturated carbocycles. The summed E-state index contributed by atoms with van der Waals surface area (Å²) in [4.78, 5) is 11.3. The van der Waals surface area contributed by atoms with Crippen molar-refractivity contribution in [2.24, 2.45) is 0 Å². The fraction of sp³-hybridized carbons (Fsp3) is 0.611. The summed E-state index contributed by atoms with van der Waals surface area (Å²) >= 11 is 0. The van der Waals surface area contributed by atoms with Crippen LogP contribution < -0.4 is 4.74 Å². The molecule has 0 atom stereocenters. The highest BCUT2D eigenvalue weighted by atomic mass is 19.1. The van der Waals surface area contributed by atoms with Crippen molar-refractivity contribution < 1.29 is 18.7 Å². The van der Waals surface area contributed by atoms with E-state index in [4.69, 9.17) is 4.74 Å². The van der Waals surface area contributed by atoms with Crippen molar-refractivity contribution >= 4 is 5.97 Å². The maximum atomic E-state index is 13.8. The summed E-state index contributed by atoms with van der Waals surface area (Å²) in [7, 11) is 1.27. The molecule has 0 aliphatic rings. The summed E-state index contributed by atoms with van der Waals surface area (Å²) in [6, 6.07) is 4.14. The van der Waals surface area contributed by atoms with Crippen LogP contribution in [-0.2, 0) is 4.74 Å². The number of esters is 1. The van der Waals surface area contributed by atoms with Crippen LogP contribution in [0.4, 0.5) is 4.39 Å². The molecule has 0 aliphatic carbocycles. The summed E-state index contributed by atoms with van der Waals surface area (Å²) in [5.74, 6) is -0.883. The van der Waals surface area contributed by atoms with Gasteiger partial charge in [0.15, 0.2) is 11.6 Å². The molecule has 0 amide bonds. The standard InChI is InChI=1S/C18H27FO3/c1-3-4-5-6-7-8-9-10-13-22-17-12-11-15(14-16(17)19)18(20)21-2/h11-12,14H,3-10,13H2,1-2H3. The van der Waals surface area contributed by atoms with Crippen molar-refractivity contribution in [2.75, 3.05) is 13.7 Å². The third-order valence-electron chi connectivity index (χ3n) is 3.61. The van der Waals surface area contributed by atoms with E-state index < -0.39 is 11.8 Å². The Bertz CT molecular complexity index is 446. The Morgan fingerprint density at radius 1 is 1.05 bits per heavy atom. The van der Waals surface area contributed by atoms with Gasteiger partial charge in [0.1, 0.15) is 0 Å². The Balaban J connectivity index is 2.18. The summed E-state index contributed by atoms with van der Waals surface area (Å²) in [6.45, 7) is 2.72. The highest BCUT2D eigenvalue weighted by Crippen LogP contribution is 2.19. The second kappa shape index (κ2) is 11.0. The fourth-order valence-corrected chi connectivity index (χ4v) is 2.28. The topological polar surface area (TPSA) is 35.5 Å². The number of hydrogen-bond acceptors (Lipinski definition) is 3. The normalized spacial score (nSPS) is 10.5.